The molecule has 1 aromatic carbocycles. The van der Waals surface area contributed by atoms with Crippen LogP contribution in [0.3, 0.4) is 0 Å². The molecule has 0 aliphatic heterocycles. The van der Waals surface area contributed by atoms with E-state index in [-0.39, 0.29) is 11.6 Å². The molecule has 0 aliphatic carbocycles. The SMILES string of the molecule is Cc1c[nH]c(C)c1-c1ccnc(Nc2cc(F)cc(F)c2)n1. The minimum atomic E-state index is -0.657. The Morgan fingerprint density at radius 3 is 2.45 bits per heavy atom. The summed E-state index contributed by atoms with van der Waals surface area (Å²) in [4.78, 5) is 11.6. The Bertz CT molecular complexity index is 787. The third-order valence-corrected chi connectivity index (χ3v) is 3.30. The molecule has 4 nitrogen and oxygen atoms in total. The molecule has 0 spiro atoms. The van der Waals surface area contributed by atoms with E-state index in [0.717, 1.165) is 28.6 Å². The zero-order chi connectivity index (χ0) is 15.7. The Morgan fingerprint density at radius 1 is 1.09 bits per heavy atom. The summed E-state index contributed by atoms with van der Waals surface area (Å²) in [7, 11) is 0. The van der Waals surface area contributed by atoms with E-state index >= 15 is 0 Å². The van der Waals surface area contributed by atoms with E-state index in [1.54, 1.807) is 12.3 Å². The van der Waals surface area contributed by atoms with Gasteiger partial charge in [-0.3, -0.25) is 0 Å². The van der Waals surface area contributed by atoms with Gasteiger partial charge >= 0.3 is 0 Å². The molecule has 2 N–H and O–H groups in total. The molecule has 0 unspecified atom stereocenters. The van der Waals surface area contributed by atoms with E-state index in [0.29, 0.717) is 0 Å². The van der Waals surface area contributed by atoms with Crippen LogP contribution >= 0.6 is 0 Å². The number of anilines is 2. The molecule has 112 valence electrons. The van der Waals surface area contributed by atoms with Crippen molar-refractivity contribution in [3.05, 3.63) is 59.6 Å². The highest BCUT2D eigenvalue weighted by Crippen LogP contribution is 2.26. The van der Waals surface area contributed by atoms with Gasteiger partial charge in [0.15, 0.2) is 0 Å². The van der Waals surface area contributed by atoms with Gasteiger partial charge in [-0.15, -0.1) is 0 Å². The van der Waals surface area contributed by atoms with Crippen LogP contribution in [0.5, 0.6) is 0 Å². The van der Waals surface area contributed by atoms with Crippen molar-refractivity contribution >= 4 is 11.6 Å². The normalized spacial score (nSPS) is 10.7. The maximum Gasteiger partial charge on any atom is 0.227 e. The fraction of sp³-hybridized carbons (Fsp3) is 0.125. The van der Waals surface area contributed by atoms with Gasteiger partial charge in [0.25, 0.3) is 0 Å². The second kappa shape index (κ2) is 5.55. The molecule has 22 heavy (non-hydrogen) atoms. The summed E-state index contributed by atoms with van der Waals surface area (Å²) in [6.07, 6.45) is 3.51. The molecule has 0 radical (unpaired) electrons. The second-order valence-corrected chi connectivity index (χ2v) is 5.02. The van der Waals surface area contributed by atoms with Gasteiger partial charge in [-0.05, 0) is 37.6 Å². The Balaban J connectivity index is 1.95. The van der Waals surface area contributed by atoms with Crippen molar-refractivity contribution in [1.29, 1.82) is 0 Å². The van der Waals surface area contributed by atoms with Gasteiger partial charge in [-0.1, -0.05) is 0 Å². The number of aromatic amines is 1. The number of nitrogens with zero attached hydrogens (tertiary/aromatic N) is 2. The number of rotatable bonds is 3. The zero-order valence-electron chi connectivity index (χ0n) is 12.1. The zero-order valence-corrected chi connectivity index (χ0v) is 12.1. The smallest absolute Gasteiger partial charge is 0.227 e. The molecule has 0 amide bonds. The molecule has 3 aromatic rings. The van der Waals surface area contributed by atoms with Crippen LogP contribution in [0.2, 0.25) is 0 Å². The molecule has 0 saturated heterocycles. The lowest BCUT2D eigenvalue weighted by molar-refractivity contribution is 0.584. The van der Waals surface area contributed by atoms with Crippen LogP contribution in [0, 0.1) is 25.5 Å². The van der Waals surface area contributed by atoms with Gasteiger partial charge in [-0.25, -0.2) is 18.7 Å². The monoisotopic (exact) mass is 300 g/mol. The number of aryl methyl sites for hydroxylation is 2. The molecule has 3 rings (SSSR count). The summed E-state index contributed by atoms with van der Waals surface area (Å²) in [6, 6.07) is 4.98. The predicted molar refractivity (Wildman–Crippen MR) is 80.9 cm³/mol. The van der Waals surface area contributed by atoms with Crippen molar-refractivity contribution in [2.75, 3.05) is 5.32 Å². The number of aromatic nitrogens is 3. The third kappa shape index (κ3) is 2.81. The van der Waals surface area contributed by atoms with Gasteiger partial charge < -0.3 is 10.3 Å². The van der Waals surface area contributed by atoms with E-state index in [9.17, 15) is 8.78 Å². The van der Waals surface area contributed by atoms with Crippen molar-refractivity contribution in [3.63, 3.8) is 0 Å². The summed E-state index contributed by atoms with van der Waals surface area (Å²) in [5.41, 5.74) is 4.07. The fourth-order valence-electron chi connectivity index (χ4n) is 2.36. The first-order chi connectivity index (χ1) is 10.5. The third-order valence-electron chi connectivity index (χ3n) is 3.30. The molecule has 0 fully saturated rings. The van der Waals surface area contributed by atoms with Crippen molar-refractivity contribution in [2.45, 2.75) is 13.8 Å². The predicted octanol–water partition coefficient (Wildman–Crippen LogP) is 4.11. The lowest BCUT2D eigenvalue weighted by Crippen LogP contribution is -1.99. The van der Waals surface area contributed by atoms with Crippen LogP contribution in [0.25, 0.3) is 11.3 Å². The van der Waals surface area contributed by atoms with E-state index in [4.69, 9.17) is 0 Å². The van der Waals surface area contributed by atoms with Crippen LogP contribution in [-0.2, 0) is 0 Å². The summed E-state index contributed by atoms with van der Waals surface area (Å²) in [5.74, 6) is -1.03. The summed E-state index contributed by atoms with van der Waals surface area (Å²) in [6.45, 7) is 3.94. The molecule has 6 heteroatoms. The van der Waals surface area contributed by atoms with E-state index in [1.807, 2.05) is 20.0 Å². The maximum absolute atomic E-state index is 13.2. The van der Waals surface area contributed by atoms with Crippen LogP contribution in [-0.4, -0.2) is 15.0 Å². The molecular weight excluding hydrogens is 286 g/mol. The minimum absolute atomic E-state index is 0.261. The Hall–Kier alpha value is -2.76. The topological polar surface area (TPSA) is 53.6 Å². The average molecular weight is 300 g/mol. The number of hydrogen-bond donors (Lipinski definition) is 2. The molecule has 2 aromatic heterocycles. The van der Waals surface area contributed by atoms with Crippen LogP contribution in [0.4, 0.5) is 20.4 Å². The van der Waals surface area contributed by atoms with Crippen LogP contribution < -0.4 is 5.32 Å². The number of H-pyrrole nitrogens is 1. The van der Waals surface area contributed by atoms with Gasteiger partial charge in [0, 0.05) is 35.4 Å². The summed E-state index contributed by atoms with van der Waals surface area (Å²) >= 11 is 0. The fourth-order valence-corrected chi connectivity index (χ4v) is 2.36. The van der Waals surface area contributed by atoms with Crippen LogP contribution in [0.1, 0.15) is 11.3 Å². The summed E-state index contributed by atoms with van der Waals surface area (Å²) < 4.78 is 26.4. The largest absolute Gasteiger partial charge is 0.364 e. The number of hydrogen-bond acceptors (Lipinski definition) is 3. The Labute approximate surface area is 126 Å². The maximum atomic E-state index is 13.2. The lowest BCUT2D eigenvalue weighted by atomic mass is 10.1. The van der Waals surface area contributed by atoms with Gasteiger partial charge in [-0.2, -0.15) is 0 Å². The lowest BCUT2D eigenvalue weighted by Gasteiger charge is -2.07. The van der Waals surface area contributed by atoms with Gasteiger partial charge in [0.1, 0.15) is 11.6 Å². The van der Waals surface area contributed by atoms with Crippen molar-refractivity contribution in [2.24, 2.45) is 0 Å². The van der Waals surface area contributed by atoms with Gasteiger partial charge in [0.2, 0.25) is 5.95 Å². The Kier molecular flexibility index (Phi) is 3.58. The number of nitrogens with one attached hydrogen (secondary N) is 2. The molecule has 0 bridgehead atoms. The van der Waals surface area contributed by atoms with Gasteiger partial charge in [0.05, 0.1) is 5.69 Å². The first kappa shape index (κ1) is 14.2. The molecule has 0 saturated carbocycles. The summed E-state index contributed by atoms with van der Waals surface area (Å²) in [5, 5.41) is 2.81. The first-order valence-corrected chi connectivity index (χ1v) is 6.74. The van der Waals surface area contributed by atoms with Crippen LogP contribution in [0.15, 0.2) is 36.7 Å². The highest BCUT2D eigenvalue weighted by Gasteiger charge is 2.10. The molecule has 2 heterocycles. The standard InChI is InChI=1S/C16H14F2N4/c1-9-8-20-10(2)15(9)14-3-4-19-16(22-14)21-13-6-11(17)5-12(18)7-13/h3-8,20H,1-2H3,(H,19,21,22). The van der Waals surface area contributed by atoms with Crippen molar-refractivity contribution < 1.29 is 8.78 Å². The van der Waals surface area contributed by atoms with Crippen molar-refractivity contribution in [3.8, 4) is 11.3 Å². The van der Waals surface area contributed by atoms with E-state index in [2.05, 4.69) is 20.3 Å². The number of halogens is 2. The van der Waals surface area contributed by atoms with E-state index < -0.39 is 11.6 Å². The average Bonchev–Trinajstić information content (AvgIpc) is 2.77. The van der Waals surface area contributed by atoms with Crippen molar-refractivity contribution in [1.82, 2.24) is 15.0 Å². The Morgan fingerprint density at radius 2 is 1.82 bits per heavy atom. The number of benzene rings is 1. The highest BCUT2D eigenvalue weighted by atomic mass is 19.1. The quantitative estimate of drug-likeness (QED) is 0.765. The molecule has 0 atom stereocenters. The highest BCUT2D eigenvalue weighted by molar-refractivity contribution is 5.67. The molecular formula is C16H14F2N4. The minimum Gasteiger partial charge on any atom is -0.364 e. The molecule has 0 aliphatic rings. The first-order valence-electron chi connectivity index (χ1n) is 6.74. The van der Waals surface area contributed by atoms with E-state index in [1.165, 1.54) is 12.1 Å². The second-order valence-electron chi connectivity index (χ2n) is 5.02.